The van der Waals surface area contributed by atoms with Crippen LogP contribution >= 0.6 is 0 Å². The predicted molar refractivity (Wildman–Crippen MR) is 65.1 cm³/mol. The van der Waals surface area contributed by atoms with Gasteiger partial charge in [0.15, 0.2) is 0 Å². The first kappa shape index (κ1) is 13.0. The summed E-state index contributed by atoms with van der Waals surface area (Å²) in [5.74, 6) is 1.54. The second-order valence-corrected chi connectivity index (χ2v) is 5.65. The summed E-state index contributed by atoms with van der Waals surface area (Å²) in [5.41, 5.74) is 0. The van der Waals surface area contributed by atoms with Crippen molar-refractivity contribution >= 4 is 0 Å². The third kappa shape index (κ3) is 5.53. The minimum atomic E-state index is 0.465. The average molecular weight is 213 g/mol. The van der Waals surface area contributed by atoms with Crippen molar-refractivity contribution in [3.63, 3.8) is 0 Å². The van der Waals surface area contributed by atoms with Crippen LogP contribution in [0.15, 0.2) is 0 Å². The van der Waals surface area contributed by atoms with Crippen molar-refractivity contribution in [2.24, 2.45) is 11.8 Å². The van der Waals surface area contributed by atoms with Crippen molar-refractivity contribution in [1.29, 1.82) is 0 Å². The first-order valence-electron chi connectivity index (χ1n) is 6.43. The number of hydrogen-bond acceptors (Lipinski definition) is 2. The van der Waals surface area contributed by atoms with Gasteiger partial charge in [0.1, 0.15) is 0 Å². The lowest BCUT2D eigenvalue weighted by molar-refractivity contribution is 0.0578. The molecule has 0 aromatic rings. The molecule has 1 heterocycles. The zero-order valence-electron chi connectivity index (χ0n) is 10.8. The molecule has 1 aliphatic rings. The van der Waals surface area contributed by atoms with Crippen LogP contribution in [-0.4, -0.2) is 25.3 Å². The third-order valence-corrected chi connectivity index (χ3v) is 2.99. The fraction of sp³-hybridized carbons (Fsp3) is 1.00. The normalized spacial score (nSPS) is 26.8. The van der Waals surface area contributed by atoms with E-state index in [0.717, 1.165) is 25.0 Å². The summed E-state index contributed by atoms with van der Waals surface area (Å²) in [6, 6.07) is 0.689. The zero-order chi connectivity index (χ0) is 11.3. The Balaban J connectivity index is 2.08. The highest BCUT2D eigenvalue weighted by Gasteiger charge is 2.24. The molecule has 2 nitrogen and oxygen atoms in total. The maximum Gasteiger partial charge on any atom is 0.0714 e. The van der Waals surface area contributed by atoms with Crippen molar-refractivity contribution in [3.8, 4) is 0 Å². The van der Waals surface area contributed by atoms with Crippen LogP contribution in [0.25, 0.3) is 0 Å². The van der Waals surface area contributed by atoms with E-state index < -0.39 is 0 Å². The van der Waals surface area contributed by atoms with E-state index in [-0.39, 0.29) is 0 Å². The maximum atomic E-state index is 5.86. The lowest BCUT2D eigenvalue weighted by Gasteiger charge is -2.14. The van der Waals surface area contributed by atoms with Crippen molar-refractivity contribution in [1.82, 2.24) is 5.32 Å². The van der Waals surface area contributed by atoms with Crippen LogP contribution in [0, 0.1) is 11.8 Å². The molecule has 2 heteroatoms. The summed E-state index contributed by atoms with van der Waals surface area (Å²) >= 11 is 0. The second kappa shape index (κ2) is 6.49. The molecular weight excluding hydrogens is 186 g/mol. The first-order chi connectivity index (χ1) is 7.08. The van der Waals surface area contributed by atoms with Crippen LogP contribution in [0.1, 0.15) is 47.0 Å². The number of hydrogen-bond donors (Lipinski definition) is 1. The SMILES string of the molecule is CC(C)CCO[C@H]1CN[C@@H](CC(C)C)C1. The molecule has 0 amide bonds. The summed E-state index contributed by atoms with van der Waals surface area (Å²) < 4.78 is 5.86. The number of rotatable bonds is 6. The molecule has 1 N–H and O–H groups in total. The minimum Gasteiger partial charge on any atom is -0.377 e. The fourth-order valence-corrected chi connectivity index (χ4v) is 2.13. The van der Waals surface area contributed by atoms with E-state index in [1.165, 1.54) is 19.3 Å². The van der Waals surface area contributed by atoms with E-state index in [1.807, 2.05) is 0 Å². The van der Waals surface area contributed by atoms with Gasteiger partial charge in [-0.3, -0.25) is 0 Å². The van der Waals surface area contributed by atoms with Gasteiger partial charge < -0.3 is 10.1 Å². The molecule has 0 aliphatic carbocycles. The highest BCUT2D eigenvalue weighted by molar-refractivity contribution is 4.82. The van der Waals surface area contributed by atoms with E-state index in [0.29, 0.717) is 12.1 Å². The summed E-state index contributed by atoms with van der Waals surface area (Å²) in [6.07, 6.45) is 4.14. The van der Waals surface area contributed by atoms with Crippen molar-refractivity contribution in [2.75, 3.05) is 13.2 Å². The van der Waals surface area contributed by atoms with Crippen LogP contribution in [-0.2, 0) is 4.74 Å². The molecule has 1 aliphatic heterocycles. The Kier molecular flexibility index (Phi) is 5.62. The molecule has 0 aromatic carbocycles. The van der Waals surface area contributed by atoms with E-state index in [9.17, 15) is 0 Å². The largest absolute Gasteiger partial charge is 0.377 e. The molecule has 0 bridgehead atoms. The van der Waals surface area contributed by atoms with Crippen LogP contribution in [0.2, 0.25) is 0 Å². The lowest BCUT2D eigenvalue weighted by Crippen LogP contribution is -2.23. The molecule has 2 atom stereocenters. The minimum absolute atomic E-state index is 0.465. The Morgan fingerprint density at radius 1 is 1.20 bits per heavy atom. The van der Waals surface area contributed by atoms with Crippen LogP contribution in [0.4, 0.5) is 0 Å². The van der Waals surface area contributed by atoms with E-state index >= 15 is 0 Å². The van der Waals surface area contributed by atoms with Crippen LogP contribution < -0.4 is 5.32 Å². The molecule has 1 saturated heterocycles. The van der Waals surface area contributed by atoms with Gasteiger partial charge in [0.05, 0.1) is 6.10 Å². The van der Waals surface area contributed by atoms with Crippen molar-refractivity contribution < 1.29 is 4.74 Å². The van der Waals surface area contributed by atoms with Gasteiger partial charge in [-0.05, 0) is 31.1 Å². The molecular formula is C13H27NO. The summed E-state index contributed by atoms with van der Waals surface area (Å²) in [4.78, 5) is 0. The number of ether oxygens (including phenoxy) is 1. The quantitative estimate of drug-likeness (QED) is 0.732. The fourth-order valence-electron chi connectivity index (χ4n) is 2.13. The molecule has 1 rings (SSSR count). The molecule has 0 aromatic heterocycles. The van der Waals surface area contributed by atoms with Gasteiger partial charge in [-0.15, -0.1) is 0 Å². The van der Waals surface area contributed by atoms with Gasteiger partial charge in [-0.25, -0.2) is 0 Å². The van der Waals surface area contributed by atoms with E-state index in [1.54, 1.807) is 0 Å². The highest BCUT2D eigenvalue weighted by Crippen LogP contribution is 2.17. The smallest absolute Gasteiger partial charge is 0.0714 e. The Labute approximate surface area is 94.8 Å². The standard InChI is InChI=1S/C13H27NO/c1-10(2)5-6-15-13-8-12(14-9-13)7-11(3)4/h10-14H,5-9H2,1-4H3/t12-,13+/m0/s1. The monoisotopic (exact) mass is 213 g/mol. The number of nitrogens with one attached hydrogen (secondary N) is 1. The Bertz CT molecular complexity index is 168. The lowest BCUT2D eigenvalue weighted by atomic mass is 10.0. The molecule has 90 valence electrons. The predicted octanol–water partition coefficient (Wildman–Crippen LogP) is 2.83. The Morgan fingerprint density at radius 2 is 1.93 bits per heavy atom. The Morgan fingerprint density at radius 3 is 2.53 bits per heavy atom. The Hall–Kier alpha value is -0.0800. The van der Waals surface area contributed by atoms with Crippen LogP contribution in [0.3, 0.4) is 0 Å². The summed E-state index contributed by atoms with van der Waals surface area (Å²) in [5, 5.41) is 3.55. The average Bonchev–Trinajstić information content (AvgIpc) is 2.50. The first-order valence-corrected chi connectivity index (χ1v) is 6.43. The summed E-state index contributed by atoms with van der Waals surface area (Å²) in [6.45, 7) is 11.0. The van der Waals surface area contributed by atoms with Gasteiger partial charge in [0.25, 0.3) is 0 Å². The molecule has 0 saturated carbocycles. The van der Waals surface area contributed by atoms with E-state index in [2.05, 4.69) is 33.0 Å². The van der Waals surface area contributed by atoms with Gasteiger partial charge in [0.2, 0.25) is 0 Å². The second-order valence-electron chi connectivity index (χ2n) is 5.65. The highest BCUT2D eigenvalue weighted by atomic mass is 16.5. The molecule has 1 fully saturated rings. The topological polar surface area (TPSA) is 21.3 Å². The van der Waals surface area contributed by atoms with Gasteiger partial charge in [-0.2, -0.15) is 0 Å². The van der Waals surface area contributed by atoms with Gasteiger partial charge in [-0.1, -0.05) is 27.7 Å². The van der Waals surface area contributed by atoms with E-state index in [4.69, 9.17) is 4.74 Å². The summed E-state index contributed by atoms with van der Waals surface area (Å²) in [7, 11) is 0. The molecule has 15 heavy (non-hydrogen) atoms. The van der Waals surface area contributed by atoms with Crippen LogP contribution in [0.5, 0.6) is 0 Å². The third-order valence-electron chi connectivity index (χ3n) is 2.99. The van der Waals surface area contributed by atoms with Gasteiger partial charge >= 0.3 is 0 Å². The molecule has 0 spiro atoms. The zero-order valence-corrected chi connectivity index (χ0v) is 10.8. The maximum absolute atomic E-state index is 5.86. The molecule has 0 unspecified atom stereocenters. The van der Waals surface area contributed by atoms with Crippen molar-refractivity contribution in [3.05, 3.63) is 0 Å². The van der Waals surface area contributed by atoms with Gasteiger partial charge in [0, 0.05) is 19.2 Å². The van der Waals surface area contributed by atoms with Crippen molar-refractivity contribution in [2.45, 2.75) is 59.1 Å². The molecule has 0 radical (unpaired) electrons.